The quantitative estimate of drug-likeness (QED) is 0.888. The van der Waals surface area contributed by atoms with Crippen molar-refractivity contribution in [3.05, 3.63) is 22.6 Å². The van der Waals surface area contributed by atoms with Crippen LogP contribution in [-0.4, -0.2) is 59.1 Å². The van der Waals surface area contributed by atoms with Crippen molar-refractivity contribution in [2.45, 2.75) is 31.4 Å². The highest BCUT2D eigenvalue weighted by Gasteiger charge is 2.33. The Morgan fingerprint density at radius 1 is 1.25 bits per heavy atom. The zero-order valence-corrected chi connectivity index (χ0v) is 12.9. The van der Waals surface area contributed by atoms with Gasteiger partial charge < -0.3 is 14.4 Å². The SMILES string of the molecule is O=C(c1ccc(Br)o1)N1CCN([C@H]2CCC[C@@H]2O)CC1. The first-order chi connectivity index (χ1) is 9.65. The Kier molecular flexibility index (Phi) is 4.14. The summed E-state index contributed by atoms with van der Waals surface area (Å²) in [6.45, 7) is 3.05. The molecule has 2 atom stereocenters. The largest absolute Gasteiger partial charge is 0.444 e. The van der Waals surface area contributed by atoms with Crippen LogP contribution in [0.3, 0.4) is 0 Å². The van der Waals surface area contributed by atoms with Crippen molar-refractivity contribution in [2.24, 2.45) is 0 Å². The van der Waals surface area contributed by atoms with Crippen molar-refractivity contribution < 1.29 is 14.3 Å². The average molecular weight is 343 g/mol. The van der Waals surface area contributed by atoms with Gasteiger partial charge in [-0.1, -0.05) is 0 Å². The zero-order chi connectivity index (χ0) is 14.1. The molecule has 6 heteroatoms. The molecule has 1 aliphatic carbocycles. The lowest BCUT2D eigenvalue weighted by Crippen LogP contribution is -2.53. The molecule has 1 saturated heterocycles. The summed E-state index contributed by atoms with van der Waals surface area (Å²) < 4.78 is 5.89. The van der Waals surface area contributed by atoms with E-state index in [1.165, 1.54) is 0 Å². The summed E-state index contributed by atoms with van der Waals surface area (Å²) in [7, 11) is 0. The number of piperazine rings is 1. The average Bonchev–Trinajstić information content (AvgIpc) is 3.07. The van der Waals surface area contributed by atoms with Crippen LogP contribution in [0.1, 0.15) is 29.8 Å². The van der Waals surface area contributed by atoms with Crippen LogP contribution in [0.2, 0.25) is 0 Å². The third-order valence-electron chi connectivity index (χ3n) is 4.30. The van der Waals surface area contributed by atoms with Gasteiger partial charge in [0.25, 0.3) is 5.91 Å². The molecule has 1 amide bonds. The number of nitrogens with zero attached hydrogens (tertiary/aromatic N) is 2. The summed E-state index contributed by atoms with van der Waals surface area (Å²) in [6.07, 6.45) is 2.88. The number of aliphatic hydroxyl groups is 1. The maximum absolute atomic E-state index is 12.2. The van der Waals surface area contributed by atoms with Crippen molar-refractivity contribution in [2.75, 3.05) is 26.2 Å². The van der Waals surface area contributed by atoms with Crippen LogP contribution in [0.15, 0.2) is 21.2 Å². The molecule has 0 aromatic carbocycles. The number of furan rings is 1. The van der Waals surface area contributed by atoms with E-state index in [0.717, 1.165) is 32.4 Å². The van der Waals surface area contributed by atoms with E-state index in [4.69, 9.17) is 4.42 Å². The Hall–Kier alpha value is -0.850. The van der Waals surface area contributed by atoms with E-state index < -0.39 is 0 Å². The van der Waals surface area contributed by atoms with Gasteiger partial charge >= 0.3 is 0 Å². The molecule has 1 saturated carbocycles. The minimum absolute atomic E-state index is 0.0534. The standard InChI is InChI=1S/C14H19BrN2O3/c15-13-5-4-12(20-13)14(19)17-8-6-16(7-9-17)10-2-1-3-11(10)18/h4-5,10-11,18H,1-3,6-9H2/t10-,11-/m0/s1. The van der Waals surface area contributed by atoms with Gasteiger partial charge in [0, 0.05) is 32.2 Å². The highest BCUT2D eigenvalue weighted by Crippen LogP contribution is 2.25. The molecule has 3 rings (SSSR count). The minimum Gasteiger partial charge on any atom is -0.444 e. The predicted octanol–water partition coefficient (Wildman–Crippen LogP) is 1.71. The third-order valence-corrected chi connectivity index (χ3v) is 4.72. The van der Waals surface area contributed by atoms with Gasteiger partial charge in [0.05, 0.1) is 6.10 Å². The van der Waals surface area contributed by atoms with Crippen LogP contribution < -0.4 is 0 Å². The van der Waals surface area contributed by atoms with Gasteiger partial charge in [-0.3, -0.25) is 9.69 Å². The first-order valence-electron chi connectivity index (χ1n) is 7.12. The number of carbonyl (C=O) groups excluding carboxylic acids is 1. The topological polar surface area (TPSA) is 56.9 Å². The summed E-state index contributed by atoms with van der Waals surface area (Å²) in [5.41, 5.74) is 0. The van der Waals surface area contributed by atoms with Crippen LogP contribution in [0.4, 0.5) is 0 Å². The third kappa shape index (κ3) is 2.77. The van der Waals surface area contributed by atoms with Crippen molar-refractivity contribution >= 4 is 21.8 Å². The zero-order valence-electron chi connectivity index (χ0n) is 11.3. The van der Waals surface area contributed by atoms with E-state index in [0.29, 0.717) is 23.5 Å². The maximum atomic E-state index is 12.2. The Labute approximate surface area is 126 Å². The summed E-state index contributed by atoms with van der Waals surface area (Å²) >= 11 is 3.21. The fourth-order valence-corrected chi connectivity index (χ4v) is 3.50. The Morgan fingerprint density at radius 2 is 2.00 bits per heavy atom. The molecule has 0 unspecified atom stereocenters. The summed E-state index contributed by atoms with van der Waals surface area (Å²) in [5.74, 6) is 0.327. The van der Waals surface area contributed by atoms with E-state index in [9.17, 15) is 9.90 Å². The molecule has 1 aliphatic heterocycles. The number of carbonyl (C=O) groups is 1. The first kappa shape index (κ1) is 14.1. The van der Waals surface area contributed by atoms with Crippen molar-refractivity contribution in [3.63, 3.8) is 0 Å². The van der Waals surface area contributed by atoms with Gasteiger partial charge in [-0.25, -0.2) is 0 Å². The maximum Gasteiger partial charge on any atom is 0.289 e. The fraction of sp³-hybridized carbons (Fsp3) is 0.643. The van der Waals surface area contributed by atoms with Crippen molar-refractivity contribution in [1.29, 1.82) is 0 Å². The lowest BCUT2D eigenvalue weighted by Gasteiger charge is -2.38. The second kappa shape index (κ2) is 5.87. The molecule has 1 aromatic rings. The highest BCUT2D eigenvalue weighted by atomic mass is 79.9. The second-order valence-corrected chi connectivity index (χ2v) is 6.28. The lowest BCUT2D eigenvalue weighted by atomic mass is 10.1. The summed E-state index contributed by atoms with van der Waals surface area (Å²) in [5, 5.41) is 9.95. The molecule has 2 aliphatic rings. The first-order valence-corrected chi connectivity index (χ1v) is 7.91. The van der Waals surface area contributed by atoms with Gasteiger partial charge in [0.15, 0.2) is 10.4 Å². The van der Waals surface area contributed by atoms with Crippen LogP contribution in [-0.2, 0) is 0 Å². The number of aliphatic hydroxyl groups excluding tert-OH is 1. The summed E-state index contributed by atoms with van der Waals surface area (Å²) in [4.78, 5) is 16.4. The van der Waals surface area contributed by atoms with Gasteiger partial charge in [-0.2, -0.15) is 0 Å². The van der Waals surface area contributed by atoms with E-state index in [-0.39, 0.29) is 18.1 Å². The number of halogens is 1. The molecule has 20 heavy (non-hydrogen) atoms. The van der Waals surface area contributed by atoms with Crippen LogP contribution in [0.25, 0.3) is 0 Å². The number of hydrogen-bond donors (Lipinski definition) is 1. The smallest absolute Gasteiger partial charge is 0.289 e. The summed E-state index contributed by atoms with van der Waals surface area (Å²) in [6, 6.07) is 3.71. The minimum atomic E-state index is -0.196. The van der Waals surface area contributed by atoms with Crippen molar-refractivity contribution in [3.8, 4) is 0 Å². The molecular formula is C14H19BrN2O3. The molecule has 5 nitrogen and oxygen atoms in total. The van der Waals surface area contributed by atoms with E-state index in [1.807, 2.05) is 4.90 Å². The van der Waals surface area contributed by atoms with Gasteiger partial charge in [0.1, 0.15) is 0 Å². The van der Waals surface area contributed by atoms with E-state index >= 15 is 0 Å². The van der Waals surface area contributed by atoms with Crippen LogP contribution in [0, 0.1) is 0 Å². The molecule has 0 radical (unpaired) electrons. The number of rotatable bonds is 2. The molecule has 1 N–H and O–H groups in total. The Balaban J connectivity index is 1.57. The Bertz CT molecular complexity index is 483. The molecule has 110 valence electrons. The van der Waals surface area contributed by atoms with Crippen LogP contribution in [0.5, 0.6) is 0 Å². The predicted molar refractivity (Wildman–Crippen MR) is 77.5 cm³/mol. The molecule has 2 fully saturated rings. The Morgan fingerprint density at radius 3 is 2.55 bits per heavy atom. The van der Waals surface area contributed by atoms with Gasteiger partial charge in [0.2, 0.25) is 0 Å². The fourth-order valence-electron chi connectivity index (χ4n) is 3.19. The highest BCUT2D eigenvalue weighted by molar-refractivity contribution is 9.10. The monoisotopic (exact) mass is 342 g/mol. The van der Waals surface area contributed by atoms with Gasteiger partial charge in [-0.05, 0) is 47.3 Å². The van der Waals surface area contributed by atoms with E-state index in [2.05, 4.69) is 20.8 Å². The molecule has 2 heterocycles. The van der Waals surface area contributed by atoms with Gasteiger partial charge in [-0.15, -0.1) is 0 Å². The van der Waals surface area contributed by atoms with Crippen molar-refractivity contribution in [1.82, 2.24) is 9.80 Å². The number of hydrogen-bond acceptors (Lipinski definition) is 4. The molecule has 0 spiro atoms. The van der Waals surface area contributed by atoms with E-state index in [1.54, 1.807) is 12.1 Å². The normalized spacial score (nSPS) is 28.0. The molecular weight excluding hydrogens is 324 g/mol. The second-order valence-electron chi connectivity index (χ2n) is 5.50. The molecule has 0 bridgehead atoms. The molecule has 1 aromatic heterocycles. The lowest BCUT2D eigenvalue weighted by molar-refractivity contribution is 0.0301. The van der Waals surface area contributed by atoms with Crippen LogP contribution >= 0.6 is 15.9 Å². The number of amides is 1.